The number of hydrogen-bond acceptors (Lipinski definition) is 6. The minimum absolute atomic E-state index is 0.0806. The Labute approximate surface area is 311 Å². The third-order valence-electron chi connectivity index (χ3n) is 8.21. The lowest BCUT2D eigenvalue weighted by molar-refractivity contribution is 0.961. The van der Waals surface area contributed by atoms with Gasteiger partial charge in [0.05, 0.1) is 0 Å². The lowest BCUT2D eigenvalue weighted by Crippen LogP contribution is -1.96. The first-order valence-corrected chi connectivity index (χ1v) is 17.1. The monoisotopic (exact) mass is 684 g/mol. The second-order valence-electron chi connectivity index (χ2n) is 12.0. The van der Waals surface area contributed by atoms with Crippen LogP contribution in [0, 0.1) is 45.3 Å². The van der Waals surface area contributed by atoms with Crippen LogP contribution in [0.4, 0.5) is 22.7 Å². The number of rotatable bonds is 11. The van der Waals surface area contributed by atoms with Crippen LogP contribution in [0.15, 0.2) is 169 Å². The zero-order chi connectivity index (χ0) is 37.1. The quantitative estimate of drug-likeness (QED) is 0.131. The summed E-state index contributed by atoms with van der Waals surface area (Å²) < 4.78 is 0. The molecule has 6 rings (SSSR count). The third-order valence-corrected chi connectivity index (χ3v) is 8.21. The molecule has 0 aliphatic heterocycles. The molecule has 0 unspecified atom stereocenters. The van der Waals surface area contributed by atoms with Gasteiger partial charge in [0, 0.05) is 22.7 Å². The number of hydrogen-bond donors (Lipinski definition) is 2. The summed E-state index contributed by atoms with van der Waals surface area (Å²) in [6.45, 7) is 0. The molecule has 6 aromatic carbocycles. The molecule has 0 aliphatic carbocycles. The predicted octanol–water partition coefficient (Wildman–Crippen LogP) is 11.1. The van der Waals surface area contributed by atoms with Gasteiger partial charge in [0.25, 0.3) is 0 Å². The zero-order valence-corrected chi connectivity index (χ0v) is 29.1. The van der Waals surface area contributed by atoms with E-state index in [2.05, 4.69) is 71.3 Å². The molecule has 254 valence electrons. The van der Waals surface area contributed by atoms with Crippen LogP contribution in [0.25, 0.3) is 12.2 Å². The van der Waals surface area contributed by atoms with Crippen molar-refractivity contribution in [2.45, 2.75) is 19.3 Å². The van der Waals surface area contributed by atoms with Gasteiger partial charge in [0.1, 0.15) is 35.4 Å². The van der Waals surface area contributed by atoms with Crippen LogP contribution in [-0.2, 0) is 19.3 Å². The van der Waals surface area contributed by atoms with Gasteiger partial charge in [0.15, 0.2) is 0 Å². The van der Waals surface area contributed by atoms with Gasteiger partial charge in [-0.25, -0.2) is 0 Å². The minimum atomic E-state index is 0.0806. The first-order valence-electron chi connectivity index (χ1n) is 17.1. The third kappa shape index (κ3) is 11.5. The highest BCUT2D eigenvalue weighted by atomic mass is 14.9. The van der Waals surface area contributed by atoms with Crippen LogP contribution in [-0.4, -0.2) is 0 Å². The number of nitrogens with zero attached hydrogens (tertiary/aromatic N) is 4. The van der Waals surface area contributed by atoms with Crippen LogP contribution in [0.3, 0.4) is 0 Å². The fourth-order valence-corrected chi connectivity index (χ4v) is 5.60. The minimum Gasteiger partial charge on any atom is -0.355 e. The van der Waals surface area contributed by atoms with Gasteiger partial charge in [0.2, 0.25) is 0 Å². The molecule has 0 radical (unpaired) electrons. The van der Waals surface area contributed by atoms with E-state index >= 15 is 0 Å². The molecule has 0 atom stereocenters. The number of allylic oxidation sites excluding steroid dienone is 2. The molecule has 0 bridgehead atoms. The Morgan fingerprint density at radius 2 is 0.811 bits per heavy atom. The lowest BCUT2D eigenvalue weighted by Gasteiger charge is -2.11. The number of para-hydroxylation sites is 2. The summed E-state index contributed by atoms with van der Waals surface area (Å²) in [7, 11) is 0. The molecule has 0 saturated carbocycles. The number of nitrogens with one attached hydrogen (secondary N) is 2. The van der Waals surface area contributed by atoms with Gasteiger partial charge in [-0.05, 0) is 101 Å². The van der Waals surface area contributed by atoms with Crippen LogP contribution < -0.4 is 10.6 Å². The number of aryl methyl sites for hydroxylation is 2. The molecule has 0 saturated heterocycles. The summed E-state index contributed by atoms with van der Waals surface area (Å²) in [5.41, 5.74) is 10.5. The van der Waals surface area contributed by atoms with E-state index < -0.39 is 0 Å². The second-order valence-corrected chi connectivity index (χ2v) is 12.0. The van der Waals surface area contributed by atoms with E-state index in [0.717, 1.165) is 53.1 Å². The molecule has 2 N–H and O–H groups in total. The molecule has 0 heterocycles. The summed E-state index contributed by atoms with van der Waals surface area (Å²) in [6.07, 6.45) is 6.02. The maximum absolute atomic E-state index is 9.00. The molecular weight excluding hydrogens is 649 g/mol. The van der Waals surface area contributed by atoms with Crippen molar-refractivity contribution < 1.29 is 0 Å². The largest absolute Gasteiger partial charge is 0.355 e. The Balaban J connectivity index is 0.000000204. The maximum atomic E-state index is 9.00. The van der Waals surface area contributed by atoms with Crippen molar-refractivity contribution in [3.05, 3.63) is 202 Å². The molecule has 0 aliphatic rings. The summed E-state index contributed by atoms with van der Waals surface area (Å²) >= 11 is 0. The van der Waals surface area contributed by atoms with E-state index in [0.29, 0.717) is 0 Å². The van der Waals surface area contributed by atoms with Crippen molar-refractivity contribution >= 4 is 34.9 Å². The fourth-order valence-electron chi connectivity index (χ4n) is 5.60. The summed E-state index contributed by atoms with van der Waals surface area (Å²) in [5.74, 6) is 0. The molecular formula is C47H36N6. The first kappa shape index (κ1) is 36.6. The topological polar surface area (TPSA) is 119 Å². The Hall–Kier alpha value is -7.64. The van der Waals surface area contributed by atoms with Crippen molar-refractivity contribution in [1.29, 1.82) is 21.0 Å². The lowest BCUT2D eigenvalue weighted by atomic mass is 10.0. The SMILES string of the molecule is N#CC(C#N)=Cc1ccccc1Nc1cccc(CCc2ccccc2)c1.N#CC(C#N)=Cc1ccccc1Nc1cccc(Cc2ccccc2)c1. The Morgan fingerprint density at radius 1 is 0.415 bits per heavy atom. The van der Waals surface area contributed by atoms with E-state index in [9.17, 15) is 0 Å². The zero-order valence-electron chi connectivity index (χ0n) is 29.1. The van der Waals surface area contributed by atoms with Crippen molar-refractivity contribution in [2.75, 3.05) is 10.6 Å². The summed E-state index contributed by atoms with van der Waals surface area (Å²) in [4.78, 5) is 0. The van der Waals surface area contributed by atoms with Crippen LogP contribution in [0.2, 0.25) is 0 Å². The highest BCUT2D eigenvalue weighted by Gasteiger charge is 2.05. The molecule has 53 heavy (non-hydrogen) atoms. The summed E-state index contributed by atoms with van der Waals surface area (Å²) in [5, 5.41) is 42.7. The van der Waals surface area contributed by atoms with Crippen LogP contribution >= 0.6 is 0 Å². The summed E-state index contributed by atoms with van der Waals surface area (Å²) in [6, 6.07) is 60.2. The first-order chi connectivity index (χ1) is 26.1. The van der Waals surface area contributed by atoms with E-state index in [-0.39, 0.29) is 11.1 Å². The van der Waals surface area contributed by atoms with Crippen LogP contribution in [0.1, 0.15) is 33.4 Å². The predicted molar refractivity (Wildman–Crippen MR) is 214 cm³/mol. The number of benzene rings is 6. The van der Waals surface area contributed by atoms with Gasteiger partial charge < -0.3 is 10.6 Å². The van der Waals surface area contributed by atoms with E-state index in [4.69, 9.17) is 21.0 Å². The molecule has 0 aromatic heterocycles. The van der Waals surface area contributed by atoms with E-state index in [1.54, 1.807) is 12.2 Å². The average Bonchev–Trinajstić information content (AvgIpc) is 3.21. The number of nitriles is 4. The number of anilines is 4. The van der Waals surface area contributed by atoms with Gasteiger partial charge in [-0.3, -0.25) is 0 Å². The van der Waals surface area contributed by atoms with E-state index in [1.165, 1.54) is 22.3 Å². The van der Waals surface area contributed by atoms with Crippen LogP contribution in [0.5, 0.6) is 0 Å². The highest BCUT2D eigenvalue weighted by Crippen LogP contribution is 2.26. The standard InChI is InChI=1S/C24H19N3.C23H17N3/c25-17-21(18-26)15-22-10-4-5-12-24(22)27-23-11-6-9-20(16-23)14-13-19-7-2-1-3-8-19;24-16-20(17-25)14-21-10-4-5-12-23(21)26-22-11-6-9-19(15-22)13-18-7-2-1-3-8-18/h1-12,15-16,27H,13-14H2;1-12,14-15,26H,13H2. The molecule has 6 heteroatoms. The molecule has 0 amide bonds. The van der Waals surface area contributed by atoms with Crippen molar-refractivity contribution in [2.24, 2.45) is 0 Å². The molecule has 0 fully saturated rings. The maximum Gasteiger partial charge on any atom is 0.130 e. The smallest absolute Gasteiger partial charge is 0.130 e. The normalized spacial score (nSPS) is 9.66. The Kier molecular flexibility index (Phi) is 13.5. The highest BCUT2D eigenvalue weighted by molar-refractivity contribution is 5.76. The second kappa shape index (κ2) is 19.5. The fraction of sp³-hybridized carbons (Fsp3) is 0.0638. The molecule has 6 nitrogen and oxygen atoms in total. The molecule has 6 aromatic rings. The Bertz CT molecular complexity index is 2330. The average molecular weight is 685 g/mol. The van der Waals surface area contributed by atoms with Crippen molar-refractivity contribution in [3.63, 3.8) is 0 Å². The van der Waals surface area contributed by atoms with Gasteiger partial charge >= 0.3 is 0 Å². The molecule has 0 spiro atoms. The van der Waals surface area contributed by atoms with Gasteiger partial charge in [-0.2, -0.15) is 21.0 Å². The van der Waals surface area contributed by atoms with E-state index in [1.807, 2.05) is 121 Å². The Morgan fingerprint density at radius 3 is 1.32 bits per heavy atom. The van der Waals surface area contributed by atoms with Crippen molar-refractivity contribution in [1.82, 2.24) is 0 Å². The van der Waals surface area contributed by atoms with Crippen molar-refractivity contribution in [3.8, 4) is 24.3 Å². The van der Waals surface area contributed by atoms with Gasteiger partial charge in [-0.15, -0.1) is 0 Å². The van der Waals surface area contributed by atoms with Gasteiger partial charge in [-0.1, -0.05) is 121 Å².